The molecule has 0 saturated heterocycles. The number of benzene rings is 1. The minimum absolute atomic E-state index is 0.836. The first-order chi connectivity index (χ1) is 7.25. The van der Waals surface area contributed by atoms with E-state index in [1.165, 1.54) is 0 Å². The molecule has 0 nitrogen and oxygen atoms in total. The summed E-state index contributed by atoms with van der Waals surface area (Å²) in [5, 5.41) is 0. The molecule has 0 amide bonds. The van der Waals surface area contributed by atoms with Gasteiger partial charge in [0.25, 0.3) is 0 Å². The number of hydrogen-bond acceptors (Lipinski definition) is 0. The molecule has 0 N–H and O–H groups in total. The first kappa shape index (κ1) is 15.6. The van der Waals surface area contributed by atoms with Gasteiger partial charge in [-0.15, -0.1) is 6.07 Å². The second-order valence-corrected chi connectivity index (χ2v) is 2.25. The zero-order chi connectivity index (χ0) is 13.1. The molecular weight excluding hydrogens is 318 g/mol. The van der Waals surface area contributed by atoms with Crippen LogP contribution in [0.1, 0.15) is 5.56 Å². The van der Waals surface area contributed by atoms with E-state index in [-0.39, 0.29) is 0 Å². The van der Waals surface area contributed by atoms with Gasteiger partial charge in [-0.1, -0.05) is 0 Å². The standard InChI is InChI=1S/C7F7.ClH.Zn/c8-2-1-3(9)6(11)4(5(2)10)7(12,13)14;;/h;1H;/q-1;;+2/p-1. The second-order valence-electron chi connectivity index (χ2n) is 2.25. The number of alkyl halides is 3. The van der Waals surface area contributed by atoms with Crippen LogP contribution in [0, 0.1) is 29.3 Å². The first-order valence-corrected chi connectivity index (χ1v) is 7.24. The minimum atomic E-state index is -5.50. The molecule has 1 rings (SSSR count). The Kier molecular flexibility index (Phi) is 5.69. The van der Waals surface area contributed by atoms with Gasteiger partial charge < -0.3 is 0 Å². The molecule has 9 heteroatoms. The van der Waals surface area contributed by atoms with Crippen LogP contribution in [-0.2, 0) is 23.5 Å². The fraction of sp³-hybridized carbons (Fsp3) is 0.143. The van der Waals surface area contributed by atoms with E-state index < -0.39 is 35.0 Å². The Hall–Kier alpha value is -0.357. The molecule has 0 radical (unpaired) electrons. The van der Waals surface area contributed by atoms with E-state index in [9.17, 15) is 30.7 Å². The average Bonchev–Trinajstić information content (AvgIpc) is 2.16. The summed E-state index contributed by atoms with van der Waals surface area (Å²) in [5.74, 6) is -9.43. The zero-order valence-electron chi connectivity index (χ0n) is 7.23. The van der Waals surface area contributed by atoms with Gasteiger partial charge in [0, 0.05) is 17.2 Å². The van der Waals surface area contributed by atoms with E-state index >= 15 is 0 Å². The molecule has 0 atom stereocenters. The summed E-state index contributed by atoms with van der Waals surface area (Å²) in [5.41, 5.74) is -2.59. The van der Waals surface area contributed by atoms with Gasteiger partial charge in [-0.25, -0.2) is 8.78 Å². The van der Waals surface area contributed by atoms with Crippen molar-refractivity contribution in [3.05, 3.63) is 34.9 Å². The Bertz CT molecular complexity index is 350. The molecule has 0 aliphatic rings. The summed E-state index contributed by atoms with van der Waals surface area (Å²) in [6, 6.07) is 0.836. The van der Waals surface area contributed by atoms with Crippen LogP contribution in [0.25, 0.3) is 0 Å². The van der Waals surface area contributed by atoms with Gasteiger partial charge in [0.15, 0.2) is 0 Å². The van der Waals surface area contributed by atoms with Crippen LogP contribution in [0.3, 0.4) is 0 Å². The van der Waals surface area contributed by atoms with E-state index in [0.717, 1.165) is 23.4 Å². The molecular formula is C7ClF7Zn. The van der Waals surface area contributed by atoms with Crippen LogP contribution in [0.15, 0.2) is 0 Å². The van der Waals surface area contributed by atoms with Gasteiger partial charge in [-0.2, -0.15) is 13.2 Å². The topological polar surface area (TPSA) is 0 Å². The Balaban J connectivity index is 0.00000106. The van der Waals surface area contributed by atoms with Crippen molar-refractivity contribution in [2.24, 2.45) is 0 Å². The summed E-state index contributed by atoms with van der Waals surface area (Å²) in [4.78, 5) is 0. The number of halogens is 8. The van der Waals surface area contributed by atoms with Gasteiger partial charge in [0.2, 0.25) is 0 Å². The Morgan fingerprint density at radius 1 is 0.875 bits per heavy atom. The molecule has 1 aromatic rings. The SMILES string of the molecule is Fc1[c-]c(F)c(F)c(C(F)(F)F)c1F.[Cl][Zn+]. The molecule has 1 aromatic carbocycles. The molecule has 0 aliphatic carbocycles. The van der Waals surface area contributed by atoms with Crippen LogP contribution in [0.4, 0.5) is 30.7 Å². The average molecular weight is 318 g/mol. The fourth-order valence-corrected chi connectivity index (χ4v) is 0.771. The zero-order valence-corrected chi connectivity index (χ0v) is 11.0. The molecule has 16 heavy (non-hydrogen) atoms. The first-order valence-electron chi connectivity index (χ1n) is 3.34. The normalized spacial score (nSPS) is 10.9. The molecule has 0 aliphatic heterocycles. The third-order valence-electron chi connectivity index (χ3n) is 1.33. The maximum absolute atomic E-state index is 12.4. The molecule has 0 spiro atoms. The third kappa shape index (κ3) is 3.32. The summed E-state index contributed by atoms with van der Waals surface area (Å²) in [6.07, 6.45) is -5.50. The summed E-state index contributed by atoms with van der Waals surface area (Å²) >= 11 is 0.847. The van der Waals surface area contributed by atoms with Gasteiger partial charge in [0.1, 0.15) is 0 Å². The Labute approximate surface area is 99.1 Å². The van der Waals surface area contributed by atoms with Gasteiger partial charge in [0.05, 0.1) is 11.6 Å². The molecule has 0 bridgehead atoms. The van der Waals surface area contributed by atoms with Gasteiger partial charge >= 0.3 is 33.2 Å². The summed E-state index contributed by atoms with van der Waals surface area (Å²) < 4.78 is 84.8. The second kappa shape index (κ2) is 5.82. The fourth-order valence-electron chi connectivity index (χ4n) is 0.771. The van der Waals surface area contributed by atoms with Crippen LogP contribution >= 0.6 is 9.69 Å². The van der Waals surface area contributed by atoms with Gasteiger partial charge in [-0.3, -0.25) is 8.78 Å². The molecule has 0 fully saturated rings. The van der Waals surface area contributed by atoms with Crippen molar-refractivity contribution in [3.8, 4) is 0 Å². The monoisotopic (exact) mass is 316 g/mol. The van der Waals surface area contributed by atoms with Crippen molar-refractivity contribution in [1.29, 1.82) is 0 Å². The quantitative estimate of drug-likeness (QED) is 0.296. The predicted molar refractivity (Wildman–Crippen MR) is 36.0 cm³/mol. The van der Waals surface area contributed by atoms with E-state index in [0.29, 0.717) is 0 Å². The molecule has 0 heterocycles. The van der Waals surface area contributed by atoms with Crippen molar-refractivity contribution in [2.45, 2.75) is 6.18 Å². The van der Waals surface area contributed by atoms with Crippen molar-refractivity contribution in [1.82, 2.24) is 0 Å². The van der Waals surface area contributed by atoms with E-state index in [1.54, 1.807) is 0 Å². The van der Waals surface area contributed by atoms with Crippen LogP contribution < -0.4 is 0 Å². The van der Waals surface area contributed by atoms with Crippen molar-refractivity contribution in [3.63, 3.8) is 0 Å². The molecule has 0 saturated carbocycles. The van der Waals surface area contributed by atoms with Crippen LogP contribution in [0.5, 0.6) is 0 Å². The Morgan fingerprint density at radius 2 is 1.19 bits per heavy atom. The summed E-state index contributed by atoms with van der Waals surface area (Å²) in [7, 11) is 4.76. The number of hydrogen-bond donors (Lipinski definition) is 0. The van der Waals surface area contributed by atoms with Gasteiger partial charge in [-0.05, 0) is 0 Å². The van der Waals surface area contributed by atoms with Crippen molar-refractivity contribution < 1.29 is 48.0 Å². The van der Waals surface area contributed by atoms with Crippen molar-refractivity contribution >= 4 is 9.69 Å². The van der Waals surface area contributed by atoms with Crippen LogP contribution in [-0.4, -0.2) is 0 Å². The third-order valence-corrected chi connectivity index (χ3v) is 1.33. The molecule has 86 valence electrons. The van der Waals surface area contributed by atoms with Crippen molar-refractivity contribution in [2.75, 3.05) is 0 Å². The molecule has 0 unspecified atom stereocenters. The number of rotatable bonds is 0. The Morgan fingerprint density at radius 3 is 1.44 bits per heavy atom. The van der Waals surface area contributed by atoms with E-state index in [4.69, 9.17) is 9.69 Å². The van der Waals surface area contributed by atoms with E-state index in [2.05, 4.69) is 0 Å². The van der Waals surface area contributed by atoms with Crippen LogP contribution in [0.2, 0.25) is 0 Å². The maximum atomic E-state index is 12.4. The van der Waals surface area contributed by atoms with E-state index in [1.807, 2.05) is 0 Å². The predicted octanol–water partition coefficient (Wildman–Crippen LogP) is 3.75. The summed E-state index contributed by atoms with van der Waals surface area (Å²) in [6.45, 7) is 0. The molecule has 0 aromatic heterocycles.